The zero-order valence-electron chi connectivity index (χ0n) is 10.3. The summed E-state index contributed by atoms with van der Waals surface area (Å²) in [5.74, 6) is 1.03. The van der Waals surface area contributed by atoms with E-state index < -0.39 is 0 Å². The number of hydrogen-bond acceptors (Lipinski definition) is 3. The average Bonchev–Trinajstić information content (AvgIpc) is 2.82. The minimum absolute atomic E-state index is 0.0658. The zero-order chi connectivity index (χ0) is 11.7. The van der Waals surface area contributed by atoms with Crippen LogP contribution in [0.4, 0.5) is 0 Å². The van der Waals surface area contributed by atoms with E-state index in [0.29, 0.717) is 11.8 Å². The molecular weight excluding hydrogens is 214 g/mol. The first-order chi connectivity index (χ1) is 8.34. The Balaban J connectivity index is 1.65. The molecule has 1 saturated heterocycles. The molecule has 3 aliphatic rings. The van der Waals surface area contributed by atoms with Gasteiger partial charge >= 0.3 is 0 Å². The molecule has 3 atom stereocenters. The van der Waals surface area contributed by atoms with Crippen LogP contribution in [0.5, 0.6) is 0 Å². The summed E-state index contributed by atoms with van der Waals surface area (Å²) in [6.45, 7) is 0.764. The zero-order valence-corrected chi connectivity index (χ0v) is 10.3. The number of ether oxygens (including phenoxy) is 1. The molecule has 0 aromatic rings. The maximum Gasteiger partial charge on any atom is 0.178 e. The number of ketones is 1. The molecule has 94 valence electrons. The first-order valence-corrected chi connectivity index (χ1v) is 6.95. The Labute approximate surface area is 103 Å². The second-order valence-electron chi connectivity index (χ2n) is 5.59. The van der Waals surface area contributed by atoms with Crippen LogP contribution in [0.1, 0.15) is 44.9 Å². The Bertz CT molecular complexity index is 323. The van der Waals surface area contributed by atoms with E-state index in [0.717, 1.165) is 37.4 Å². The van der Waals surface area contributed by atoms with Crippen molar-refractivity contribution in [1.82, 2.24) is 5.32 Å². The van der Waals surface area contributed by atoms with Crippen molar-refractivity contribution < 1.29 is 9.53 Å². The molecule has 0 spiro atoms. The van der Waals surface area contributed by atoms with Gasteiger partial charge in [-0.1, -0.05) is 12.8 Å². The summed E-state index contributed by atoms with van der Waals surface area (Å²) >= 11 is 0. The second-order valence-corrected chi connectivity index (χ2v) is 5.59. The van der Waals surface area contributed by atoms with Gasteiger partial charge in [0.2, 0.25) is 0 Å². The molecule has 1 aliphatic carbocycles. The van der Waals surface area contributed by atoms with Crippen LogP contribution >= 0.6 is 0 Å². The van der Waals surface area contributed by atoms with Gasteiger partial charge in [-0.3, -0.25) is 4.79 Å². The van der Waals surface area contributed by atoms with E-state index in [9.17, 15) is 4.79 Å². The van der Waals surface area contributed by atoms with Gasteiger partial charge in [0, 0.05) is 11.6 Å². The van der Waals surface area contributed by atoms with Crippen LogP contribution < -0.4 is 5.32 Å². The van der Waals surface area contributed by atoms with Crippen LogP contribution in [-0.4, -0.2) is 24.5 Å². The molecule has 17 heavy (non-hydrogen) atoms. The lowest BCUT2D eigenvalue weighted by molar-refractivity contribution is -0.117. The summed E-state index contributed by atoms with van der Waals surface area (Å²) in [4.78, 5) is 12.3. The number of fused-ring (bicyclic) bond motifs is 1. The molecule has 2 fully saturated rings. The Morgan fingerprint density at radius 2 is 2.18 bits per heavy atom. The van der Waals surface area contributed by atoms with E-state index in [1.54, 1.807) is 6.26 Å². The lowest BCUT2D eigenvalue weighted by Gasteiger charge is -2.24. The maximum atomic E-state index is 12.3. The molecule has 0 radical (unpaired) electrons. The second kappa shape index (κ2) is 4.81. The van der Waals surface area contributed by atoms with Crippen LogP contribution in [0.25, 0.3) is 0 Å². The summed E-state index contributed by atoms with van der Waals surface area (Å²) in [5, 5.41) is 3.54. The first kappa shape index (κ1) is 11.3. The van der Waals surface area contributed by atoms with Gasteiger partial charge in [0.25, 0.3) is 0 Å². The van der Waals surface area contributed by atoms with Gasteiger partial charge in [-0.2, -0.15) is 0 Å². The molecule has 1 N–H and O–H groups in total. The van der Waals surface area contributed by atoms with Crippen molar-refractivity contribution in [2.45, 2.75) is 57.0 Å². The molecule has 0 amide bonds. The molecule has 3 nitrogen and oxygen atoms in total. The van der Waals surface area contributed by atoms with E-state index in [1.807, 2.05) is 0 Å². The third kappa shape index (κ3) is 2.25. The van der Waals surface area contributed by atoms with Crippen molar-refractivity contribution in [2.24, 2.45) is 5.92 Å². The van der Waals surface area contributed by atoms with E-state index in [2.05, 4.69) is 5.32 Å². The van der Waals surface area contributed by atoms with Crippen molar-refractivity contribution >= 4 is 5.78 Å². The van der Waals surface area contributed by atoms with Crippen molar-refractivity contribution in [3.63, 3.8) is 0 Å². The first-order valence-electron chi connectivity index (χ1n) is 6.95. The fourth-order valence-electron chi connectivity index (χ4n) is 3.49. The minimum atomic E-state index is 0.0658. The normalized spacial score (nSPS) is 36.9. The molecular formula is C14H21NO2. The summed E-state index contributed by atoms with van der Waals surface area (Å²) in [6, 6.07) is 0.666. The molecule has 3 unspecified atom stereocenters. The number of carbonyl (C=O) groups is 1. The summed E-state index contributed by atoms with van der Waals surface area (Å²) in [5.41, 5.74) is 0.896. The van der Waals surface area contributed by atoms with Gasteiger partial charge in [0.1, 0.15) is 0 Å². The number of Topliss-reactive ketones (excluding diaryl/α,β-unsaturated/α-hetero) is 1. The van der Waals surface area contributed by atoms with Gasteiger partial charge < -0.3 is 10.1 Å². The van der Waals surface area contributed by atoms with Gasteiger partial charge in [-0.25, -0.2) is 0 Å². The fourth-order valence-corrected chi connectivity index (χ4v) is 3.49. The molecule has 2 aliphatic heterocycles. The highest BCUT2D eigenvalue weighted by atomic mass is 16.5. The van der Waals surface area contributed by atoms with Gasteiger partial charge in [-0.05, 0) is 38.0 Å². The molecule has 2 heterocycles. The Morgan fingerprint density at radius 1 is 1.29 bits per heavy atom. The number of hydrogen-bond donors (Lipinski definition) is 1. The van der Waals surface area contributed by atoms with E-state index in [1.165, 1.54) is 25.7 Å². The van der Waals surface area contributed by atoms with Crippen molar-refractivity contribution in [3.05, 3.63) is 11.8 Å². The van der Waals surface area contributed by atoms with Crippen LogP contribution in [0.3, 0.4) is 0 Å². The predicted molar refractivity (Wildman–Crippen MR) is 65.6 cm³/mol. The summed E-state index contributed by atoms with van der Waals surface area (Å²) < 4.78 is 5.27. The minimum Gasteiger partial charge on any atom is -0.501 e. The lowest BCUT2D eigenvalue weighted by Crippen LogP contribution is -2.38. The molecule has 3 rings (SSSR count). The van der Waals surface area contributed by atoms with Crippen LogP contribution in [0.2, 0.25) is 0 Å². The highest BCUT2D eigenvalue weighted by molar-refractivity contribution is 5.99. The Morgan fingerprint density at radius 3 is 2.94 bits per heavy atom. The third-order valence-electron chi connectivity index (χ3n) is 4.43. The highest BCUT2D eigenvalue weighted by Gasteiger charge is 2.38. The average molecular weight is 235 g/mol. The number of nitrogens with one attached hydrogen (secondary N) is 1. The molecule has 1 saturated carbocycles. The monoisotopic (exact) mass is 235 g/mol. The van der Waals surface area contributed by atoms with Crippen molar-refractivity contribution in [3.8, 4) is 0 Å². The molecule has 0 aromatic heterocycles. The predicted octanol–water partition coefficient (Wildman–Crippen LogP) is 2.17. The van der Waals surface area contributed by atoms with Crippen LogP contribution in [-0.2, 0) is 9.53 Å². The summed E-state index contributed by atoms with van der Waals surface area (Å²) in [7, 11) is 0. The topological polar surface area (TPSA) is 38.3 Å². The molecule has 3 heteroatoms. The fraction of sp³-hybridized carbons (Fsp3) is 0.786. The van der Waals surface area contributed by atoms with E-state index in [-0.39, 0.29) is 6.04 Å². The molecule has 0 bridgehead atoms. The van der Waals surface area contributed by atoms with Gasteiger partial charge in [0.15, 0.2) is 5.78 Å². The standard InChI is InChI=1S/C14H21NO2/c16-14(11-5-3-7-17-9-11)13-8-10-4-1-2-6-12(10)15-13/h9-10,12-13,15H,1-8H2. The van der Waals surface area contributed by atoms with Gasteiger partial charge in [-0.15, -0.1) is 0 Å². The van der Waals surface area contributed by atoms with E-state index >= 15 is 0 Å². The maximum absolute atomic E-state index is 12.3. The molecule has 0 aromatic carbocycles. The van der Waals surface area contributed by atoms with E-state index in [4.69, 9.17) is 4.74 Å². The Kier molecular flexibility index (Phi) is 3.19. The largest absolute Gasteiger partial charge is 0.501 e. The smallest absolute Gasteiger partial charge is 0.178 e. The highest BCUT2D eigenvalue weighted by Crippen LogP contribution is 2.34. The SMILES string of the molecule is O=C(C1=COCCC1)C1CC2CCCCC2N1. The number of carbonyl (C=O) groups excluding carboxylic acids is 1. The Hall–Kier alpha value is -0.830. The van der Waals surface area contributed by atoms with Crippen LogP contribution in [0, 0.1) is 5.92 Å². The quantitative estimate of drug-likeness (QED) is 0.797. The lowest BCUT2D eigenvalue weighted by atomic mass is 9.84. The van der Waals surface area contributed by atoms with Gasteiger partial charge in [0.05, 0.1) is 18.9 Å². The van der Waals surface area contributed by atoms with Crippen molar-refractivity contribution in [1.29, 1.82) is 0 Å². The van der Waals surface area contributed by atoms with Crippen molar-refractivity contribution in [2.75, 3.05) is 6.61 Å². The summed E-state index contributed by atoms with van der Waals surface area (Å²) in [6.07, 6.45) is 9.83. The van der Waals surface area contributed by atoms with Crippen LogP contribution in [0.15, 0.2) is 11.8 Å². The third-order valence-corrected chi connectivity index (χ3v) is 4.43. The number of rotatable bonds is 2.